The van der Waals surface area contributed by atoms with Crippen LogP contribution in [0.25, 0.3) is 0 Å². The van der Waals surface area contributed by atoms with Gasteiger partial charge in [-0.25, -0.2) is 14.2 Å². The van der Waals surface area contributed by atoms with Gasteiger partial charge in [0, 0.05) is 64.3 Å². The van der Waals surface area contributed by atoms with Crippen LogP contribution in [-0.4, -0.2) is 115 Å². The molecule has 0 bridgehead atoms. The van der Waals surface area contributed by atoms with Crippen molar-refractivity contribution in [2.45, 2.75) is 109 Å². The van der Waals surface area contributed by atoms with Crippen LogP contribution in [0.5, 0.6) is 17.5 Å². The van der Waals surface area contributed by atoms with E-state index in [1.807, 2.05) is 86.1 Å². The number of likely N-dealkylation sites (tertiary alicyclic amines) is 1. The van der Waals surface area contributed by atoms with Crippen molar-refractivity contribution in [2.24, 2.45) is 0 Å². The number of carbonyl (C=O) groups excluding carboxylic acids is 1. The Hall–Kier alpha value is -5.58. The molecule has 4 aromatic rings. The van der Waals surface area contributed by atoms with Crippen molar-refractivity contribution in [2.75, 3.05) is 75.3 Å². The van der Waals surface area contributed by atoms with Crippen molar-refractivity contribution < 1.29 is 41.3 Å². The Bertz CT molecular complexity index is 2280. The van der Waals surface area contributed by atoms with Gasteiger partial charge in [0.1, 0.15) is 52.9 Å². The highest BCUT2D eigenvalue weighted by Gasteiger charge is 2.49. The number of alkyl halides is 4. The summed E-state index contributed by atoms with van der Waals surface area (Å²) in [5.41, 5.74) is 1.27. The number of rotatable bonds is 13. The molecule has 2 aromatic heterocycles. The molecule has 8 rings (SSSR count). The van der Waals surface area contributed by atoms with Crippen LogP contribution < -0.4 is 28.9 Å². The Kier molecular flexibility index (Phi) is 13.0. The maximum absolute atomic E-state index is 15.3. The zero-order valence-corrected chi connectivity index (χ0v) is 38.4. The first kappa shape index (κ1) is 46.0. The van der Waals surface area contributed by atoms with Gasteiger partial charge in [-0.1, -0.05) is 24.3 Å². The normalized spacial score (nSPS) is 21.0. The molecule has 0 saturated carbocycles. The van der Waals surface area contributed by atoms with Crippen molar-refractivity contribution >= 4 is 23.5 Å². The second-order valence-corrected chi connectivity index (χ2v) is 18.8. The predicted octanol–water partition coefficient (Wildman–Crippen LogP) is 8.39. The van der Waals surface area contributed by atoms with E-state index in [1.54, 1.807) is 24.0 Å². The van der Waals surface area contributed by atoms with Gasteiger partial charge in [0.25, 0.3) is 0 Å². The first-order valence-electron chi connectivity index (χ1n) is 22.4. The summed E-state index contributed by atoms with van der Waals surface area (Å²) in [4.78, 5) is 37.3. The van der Waals surface area contributed by atoms with Crippen LogP contribution in [0, 0.1) is 6.92 Å². The minimum Gasteiger partial charge on any atom is -0.497 e. The minimum absolute atomic E-state index is 0.00348. The van der Waals surface area contributed by atoms with E-state index in [2.05, 4.69) is 4.90 Å². The zero-order valence-electron chi connectivity index (χ0n) is 38.4. The molecule has 0 spiro atoms. The molecule has 1 amide bonds. The summed E-state index contributed by atoms with van der Waals surface area (Å²) in [5.74, 6) is 2.17. The van der Waals surface area contributed by atoms with Gasteiger partial charge in [0.15, 0.2) is 0 Å². The molecule has 3 saturated heterocycles. The van der Waals surface area contributed by atoms with E-state index in [0.717, 1.165) is 36.1 Å². The maximum atomic E-state index is 15.3. The van der Waals surface area contributed by atoms with Crippen LogP contribution in [0.4, 0.5) is 39.8 Å². The third-order valence-corrected chi connectivity index (χ3v) is 13.1. The molecule has 2 aromatic carbocycles. The summed E-state index contributed by atoms with van der Waals surface area (Å²) < 4.78 is 83.5. The van der Waals surface area contributed by atoms with Gasteiger partial charge in [0.2, 0.25) is 0 Å². The molecule has 0 N–H and O–H groups in total. The number of methoxy groups -OCH3 is 2. The maximum Gasteiger partial charge on any atom is 0.420 e. The molecule has 4 aliphatic rings. The molecule has 6 heterocycles. The number of pyridine rings is 1. The lowest BCUT2D eigenvalue weighted by molar-refractivity contribution is -0.137. The molecule has 65 heavy (non-hydrogen) atoms. The van der Waals surface area contributed by atoms with Gasteiger partial charge in [-0.05, 0) is 107 Å². The van der Waals surface area contributed by atoms with Crippen LogP contribution in [0.15, 0.2) is 54.6 Å². The van der Waals surface area contributed by atoms with Crippen molar-refractivity contribution in [1.29, 1.82) is 0 Å². The van der Waals surface area contributed by atoms with Crippen LogP contribution in [0.1, 0.15) is 80.0 Å². The zero-order chi connectivity index (χ0) is 46.3. The number of ether oxygens (including phenoxy) is 4. The lowest BCUT2D eigenvalue weighted by Crippen LogP contribution is -2.44. The molecular formula is C48H60F4N8O5. The summed E-state index contributed by atoms with van der Waals surface area (Å²) in [6.45, 7) is 10.1. The van der Waals surface area contributed by atoms with Gasteiger partial charge in [-0.2, -0.15) is 23.1 Å². The summed E-state index contributed by atoms with van der Waals surface area (Å²) in [7, 11) is 5.11. The fraction of sp³-hybridized carbons (Fsp3) is 0.542. The number of nitrogens with zero attached hydrogens (tertiary/aromatic N) is 8. The average molecular weight is 905 g/mol. The van der Waals surface area contributed by atoms with E-state index in [9.17, 15) is 9.18 Å². The average Bonchev–Trinajstić information content (AvgIpc) is 3.99. The number of halogens is 4. The van der Waals surface area contributed by atoms with Crippen LogP contribution in [0.2, 0.25) is 0 Å². The van der Waals surface area contributed by atoms with Crippen molar-refractivity contribution in [3.8, 4) is 17.5 Å². The van der Waals surface area contributed by atoms with Crippen molar-refractivity contribution in [1.82, 2.24) is 24.8 Å². The second kappa shape index (κ2) is 18.4. The third kappa shape index (κ3) is 10.1. The van der Waals surface area contributed by atoms with Gasteiger partial charge in [-0.3, -0.25) is 4.90 Å². The molecular weight excluding hydrogens is 845 g/mol. The van der Waals surface area contributed by atoms with Gasteiger partial charge >= 0.3 is 18.3 Å². The molecule has 3 fully saturated rings. The SMILES string of the molecule is COc1ccc(CN(Cc2ccc(OC)cc2)c2cc(C)c(C(F)(F)F)c(N3CCc4c(nc(OC[C@@]56CCCN5C[C@H](F)C6)nc4N(C)[C@@H]4CCN(C(=O)OC(C)(C)C)C4)C3)n2)cc1. The Balaban J connectivity index is 1.15. The highest BCUT2D eigenvalue weighted by Crippen LogP contribution is 2.43. The molecule has 0 aliphatic carbocycles. The number of aryl methyl sites for hydroxylation is 1. The summed E-state index contributed by atoms with van der Waals surface area (Å²) in [6, 6.07) is 16.6. The van der Waals surface area contributed by atoms with Gasteiger partial charge in [0.05, 0.1) is 32.0 Å². The van der Waals surface area contributed by atoms with Crippen molar-refractivity contribution in [3.63, 3.8) is 0 Å². The number of hydrogen-bond acceptors (Lipinski definition) is 12. The fourth-order valence-electron chi connectivity index (χ4n) is 9.80. The monoisotopic (exact) mass is 904 g/mol. The molecule has 350 valence electrons. The Morgan fingerprint density at radius 1 is 0.908 bits per heavy atom. The fourth-order valence-corrected chi connectivity index (χ4v) is 9.80. The smallest absolute Gasteiger partial charge is 0.420 e. The largest absolute Gasteiger partial charge is 0.497 e. The Morgan fingerprint density at radius 3 is 2.18 bits per heavy atom. The summed E-state index contributed by atoms with van der Waals surface area (Å²) >= 11 is 0. The molecule has 0 unspecified atom stereocenters. The highest BCUT2D eigenvalue weighted by atomic mass is 19.4. The Morgan fingerprint density at radius 2 is 1.57 bits per heavy atom. The summed E-state index contributed by atoms with van der Waals surface area (Å²) in [6.07, 6.45) is -3.00. The lowest BCUT2D eigenvalue weighted by atomic mass is 9.95. The van der Waals surface area contributed by atoms with E-state index >= 15 is 13.2 Å². The van der Waals surface area contributed by atoms with Crippen LogP contribution in [-0.2, 0) is 37.0 Å². The number of fused-ring (bicyclic) bond motifs is 2. The van der Waals surface area contributed by atoms with E-state index in [-0.39, 0.29) is 43.1 Å². The minimum atomic E-state index is -4.71. The standard InChI is InChI=1S/C48H60F4N8O5/c1-31-23-40(59(25-32-9-13-36(62-6)14-10-32)26-33-11-15-37(63-7)16-12-33)54-43(41(31)48(50,51)52)57-22-18-38-39(29-57)53-44(64-30-47-19-8-20-60(47)27-34(49)24-47)55-42(38)56(5)35-17-21-58(28-35)45(61)65-46(2,3)4/h9-16,23,34-35H,8,17-22,24-30H2,1-7H3/t34-,35-,47+/m1/s1. The molecule has 17 heteroatoms. The van der Waals surface area contributed by atoms with E-state index in [0.29, 0.717) is 80.8 Å². The molecule has 4 aliphatic heterocycles. The predicted molar refractivity (Wildman–Crippen MR) is 240 cm³/mol. The number of amides is 1. The Labute approximate surface area is 378 Å². The van der Waals surface area contributed by atoms with E-state index in [4.69, 9.17) is 33.9 Å². The van der Waals surface area contributed by atoms with Gasteiger partial charge < -0.3 is 38.5 Å². The topological polar surface area (TPSA) is 109 Å². The molecule has 13 nitrogen and oxygen atoms in total. The number of hydrogen-bond donors (Lipinski definition) is 0. The van der Waals surface area contributed by atoms with Gasteiger partial charge in [-0.15, -0.1) is 0 Å². The number of anilines is 3. The highest BCUT2D eigenvalue weighted by molar-refractivity contribution is 5.69. The first-order valence-corrected chi connectivity index (χ1v) is 22.4. The van der Waals surface area contributed by atoms with E-state index < -0.39 is 35.1 Å². The lowest BCUT2D eigenvalue weighted by Gasteiger charge is -2.36. The molecule has 3 atom stereocenters. The quantitative estimate of drug-likeness (QED) is 0.120. The first-order chi connectivity index (χ1) is 30.9. The second-order valence-electron chi connectivity index (χ2n) is 18.8. The number of likely N-dealkylation sites (N-methyl/N-ethyl adjacent to an activating group) is 1. The number of aromatic nitrogens is 3. The number of carbonyl (C=O) groups is 1. The van der Waals surface area contributed by atoms with Crippen molar-refractivity contribution in [3.05, 3.63) is 88.1 Å². The molecule has 0 radical (unpaired) electrons. The third-order valence-electron chi connectivity index (χ3n) is 13.1. The van der Waals surface area contributed by atoms with Crippen LogP contribution >= 0.6 is 0 Å². The van der Waals surface area contributed by atoms with E-state index in [1.165, 1.54) is 13.0 Å². The number of benzene rings is 2. The van der Waals surface area contributed by atoms with Crippen LogP contribution in [0.3, 0.4) is 0 Å². The summed E-state index contributed by atoms with van der Waals surface area (Å²) in [5, 5.41) is 0.